The molecule has 1 amide bonds. The number of hydrogen-bond acceptors (Lipinski definition) is 3. The van der Waals surface area contributed by atoms with E-state index in [2.05, 4.69) is 24.1 Å². The van der Waals surface area contributed by atoms with Crippen LogP contribution in [-0.2, 0) is 4.79 Å². The number of hydrogen-bond donors (Lipinski definition) is 2. The second kappa shape index (κ2) is 5.54. The number of likely N-dealkylation sites (tertiary alicyclic amines) is 1. The van der Waals surface area contributed by atoms with Gasteiger partial charge in [0, 0.05) is 25.6 Å². The minimum absolute atomic E-state index is 0.218. The molecule has 1 aliphatic carbocycles. The second-order valence-corrected chi connectivity index (χ2v) is 7.79. The van der Waals surface area contributed by atoms with Crippen LogP contribution in [-0.4, -0.2) is 47.7 Å². The van der Waals surface area contributed by atoms with Crippen molar-refractivity contribution in [2.24, 2.45) is 17.3 Å². The molecule has 0 aromatic carbocycles. The van der Waals surface area contributed by atoms with Crippen LogP contribution in [0, 0.1) is 17.3 Å². The Kier molecular flexibility index (Phi) is 4.04. The maximum absolute atomic E-state index is 13.1. The lowest BCUT2D eigenvalue weighted by atomic mass is 9.69. The molecule has 0 bridgehead atoms. The van der Waals surface area contributed by atoms with Crippen molar-refractivity contribution in [3.05, 3.63) is 0 Å². The summed E-state index contributed by atoms with van der Waals surface area (Å²) in [6.45, 7) is 7.61. The highest BCUT2D eigenvalue weighted by atomic mass is 16.3. The predicted octanol–water partition coefficient (Wildman–Crippen LogP) is 1.78. The SMILES string of the molecule is CC(C)C1(C(=O)N2CCC3(O)CCCCC3C2)CCNC1. The number of nitrogens with one attached hydrogen (secondary N) is 1. The summed E-state index contributed by atoms with van der Waals surface area (Å²) in [5.41, 5.74) is -0.710. The van der Waals surface area contributed by atoms with Gasteiger partial charge in [0.2, 0.25) is 5.91 Å². The van der Waals surface area contributed by atoms with Crippen LogP contribution in [0.3, 0.4) is 0 Å². The van der Waals surface area contributed by atoms with Crippen molar-refractivity contribution in [2.45, 2.75) is 58.0 Å². The lowest BCUT2D eigenvalue weighted by molar-refractivity contribution is -0.155. The molecular weight excluding hydrogens is 264 g/mol. The van der Waals surface area contributed by atoms with Crippen LogP contribution >= 0.6 is 0 Å². The van der Waals surface area contributed by atoms with Gasteiger partial charge in [0.15, 0.2) is 0 Å². The number of piperidine rings is 1. The summed E-state index contributed by atoms with van der Waals surface area (Å²) in [6, 6.07) is 0. The molecule has 0 aromatic rings. The molecule has 2 saturated heterocycles. The maximum atomic E-state index is 13.1. The molecule has 21 heavy (non-hydrogen) atoms. The molecule has 4 nitrogen and oxygen atoms in total. The first-order valence-corrected chi connectivity index (χ1v) is 8.70. The molecule has 3 rings (SSSR count). The predicted molar refractivity (Wildman–Crippen MR) is 82.9 cm³/mol. The zero-order valence-electron chi connectivity index (χ0n) is 13.5. The van der Waals surface area contributed by atoms with Gasteiger partial charge in [-0.15, -0.1) is 0 Å². The Morgan fingerprint density at radius 3 is 2.76 bits per heavy atom. The fourth-order valence-electron chi connectivity index (χ4n) is 4.70. The van der Waals surface area contributed by atoms with Crippen molar-refractivity contribution in [2.75, 3.05) is 26.2 Å². The van der Waals surface area contributed by atoms with E-state index < -0.39 is 5.60 Å². The summed E-state index contributed by atoms with van der Waals surface area (Å²) in [5.74, 6) is 0.991. The van der Waals surface area contributed by atoms with Crippen molar-refractivity contribution < 1.29 is 9.90 Å². The number of fused-ring (bicyclic) bond motifs is 1. The van der Waals surface area contributed by atoms with Gasteiger partial charge in [-0.25, -0.2) is 0 Å². The van der Waals surface area contributed by atoms with Gasteiger partial charge in [0.1, 0.15) is 0 Å². The van der Waals surface area contributed by atoms with Gasteiger partial charge in [-0.05, 0) is 38.1 Å². The Labute approximate surface area is 128 Å². The van der Waals surface area contributed by atoms with E-state index >= 15 is 0 Å². The van der Waals surface area contributed by atoms with E-state index in [1.54, 1.807) is 0 Å². The third kappa shape index (κ3) is 2.50. The molecular formula is C17H30N2O2. The summed E-state index contributed by atoms with van der Waals surface area (Å²) in [4.78, 5) is 15.2. The summed E-state index contributed by atoms with van der Waals surface area (Å²) in [7, 11) is 0. The van der Waals surface area contributed by atoms with Crippen molar-refractivity contribution in [1.29, 1.82) is 0 Å². The third-order valence-corrected chi connectivity index (χ3v) is 6.43. The van der Waals surface area contributed by atoms with Crippen LogP contribution in [0.5, 0.6) is 0 Å². The summed E-state index contributed by atoms with van der Waals surface area (Å²) < 4.78 is 0. The molecule has 3 atom stereocenters. The molecule has 2 N–H and O–H groups in total. The van der Waals surface area contributed by atoms with Crippen molar-refractivity contribution in [3.8, 4) is 0 Å². The number of carbonyl (C=O) groups is 1. The molecule has 2 heterocycles. The highest BCUT2D eigenvalue weighted by Crippen LogP contribution is 2.42. The van der Waals surface area contributed by atoms with Gasteiger partial charge >= 0.3 is 0 Å². The Morgan fingerprint density at radius 2 is 2.10 bits per heavy atom. The quantitative estimate of drug-likeness (QED) is 0.816. The molecule has 0 spiro atoms. The number of nitrogens with zero attached hydrogens (tertiary/aromatic N) is 1. The number of aliphatic hydroxyl groups is 1. The Bertz CT molecular complexity index is 404. The number of rotatable bonds is 2. The summed E-state index contributed by atoms with van der Waals surface area (Å²) in [6.07, 6.45) is 6.07. The van der Waals surface area contributed by atoms with Gasteiger partial charge in [0.25, 0.3) is 0 Å². The van der Waals surface area contributed by atoms with Crippen molar-refractivity contribution in [1.82, 2.24) is 10.2 Å². The molecule has 0 aromatic heterocycles. The highest BCUT2D eigenvalue weighted by Gasteiger charge is 2.50. The van der Waals surface area contributed by atoms with E-state index in [1.165, 1.54) is 6.42 Å². The average Bonchev–Trinajstić information content (AvgIpc) is 2.96. The van der Waals surface area contributed by atoms with E-state index in [-0.39, 0.29) is 5.41 Å². The largest absolute Gasteiger partial charge is 0.389 e. The molecule has 3 aliphatic rings. The minimum Gasteiger partial charge on any atom is -0.389 e. The molecule has 120 valence electrons. The standard InChI is InChI=1S/C17H30N2O2/c1-13(2)16(7-9-18-12-16)15(20)19-10-8-17(21)6-4-3-5-14(17)11-19/h13-14,18,21H,3-12H2,1-2H3. The molecule has 3 fully saturated rings. The van der Waals surface area contributed by atoms with E-state index in [1.807, 2.05) is 0 Å². The zero-order chi connectivity index (χ0) is 15.1. The lowest BCUT2D eigenvalue weighted by Crippen LogP contribution is -2.58. The van der Waals surface area contributed by atoms with Gasteiger partial charge in [-0.2, -0.15) is 0 Å². The topological polar surface area (TPSA) is 52.6 Å². The summed E-state index contributed by atoms with van der Waals surface area (Å²) >= 11 is 0. The first-order chi connectivity index (χ1) is 9.98. The Balaban J connectivity index is 1.74. The molecule has 0 radical (unpaired) electrons. The normalized spacial score (nSPS) is 40.4. The van der Waals surface area contributed by atoms with Crippen LogP contribution < -0.4 is 5.32 Å². The van der Waals surface area contributed by atoms with E-state index in [0.29, 0.717) is 17.7 Å². The Morgan fingerprint density at radius 1 is 1.29 bits per heavy atom. The smallest absolute Gasteiger partial charge is 0.230 e. The highest BCUT2D eigenvalue weighted by molar-refractivity contribution is 5.84. The summed E-state index contributed by atoms with van der Waals surface area (Å²) in [5, 5.41) is 14.2. The van der Waals surface area contributed by atoms with E-state index in [4.69, 9.17) is 0 Å². The molecule has 2 aliphatic heterocycles. The molecule has 3 unspecified atom stereocenters. The monoisotopic (exact) mass is 294 g/mol. The van der Waals surface area contributed by atoms with Crippen molar-refractivity contribution >= 4 is 5.91 Å². The first kappa shape index (κ1) is 15.3. The van der Waals surface area contributed by atoms with Crippen LogP contribution in [0.4, 0.5) is 0 Å². The van der Waals surface area contributed by atoms with Crippen molar-refractivity contribution in [3.63, 3.8) is 0 Å². The van der Waals surface area contributed by atoms with Crippen LogP contribution in [0.1, 0.15) is 52.4 Å². The maximum Gasteiger partial charge on any atom is 0.230 e. The fourth-order valence-corrected chi connectivity index (χ4v) is 4.70. The third-order valence-electron chi connectivity index (χ3n) is 6.43. The van der Waals surface area contributed by atoms with Gasteiger partial charge in [0.05, 0.1) is 11.0 Å². The van der Waals surface area contributed by atoms with Gasteiger partial charge in [-0.3, -0.25) is 4.79 Å². The van der Waals surface area contributed by atoms with E-state index in [9.17, 15) is 9.90 Å². The molecule has 4 heteroatoms. The average molecular weight is 294 g/mol. The van der Waals surface area contributed by atoms with E-state index in [0.717, 1.165) is 58.3 Å². The van der Waals surface area contributed by atoms with Crippen LogP contribution in [0.2, 0.25) is 0 Å². The first-order valence-electron chi connectivity index (χ1n) is 8.70. The fraction of sp³-hybridized carbons (Fsp3) is 0.941. The Hall–Kier alpha value is -0.610. The lowest BCUT2D eigenvalue weighted by Gasteiger charge is -2.49. The minimum atomic E-state index is -0.492. The van der Waals surface area contributed by atoms with Crippen LogP contribution in [0.15, 0.2) is 0 Å². The van der Waals surface area contributed by atoms with Gasteiger partial charge < -0.3 is 15.3 Å². The molecule has 1 saturated carbocycles. The second-order valence-electron chi connectivity index (χ2n) is 7.79. The van der Waals surface area contributed by atoms with Crippen LogP contribution in [0.25, 0.3) is 0 Å². The van der Waals surface area contributed by atoms with Gasteiger partial charge in [-0.1, -0.05) is 26.7 Å². The number of carbonyl (C=O) groups excluding carboxylic acids is 1. The zero-order valence-corrected chi connectivity index (χ0v) is 13.5. The number of amides is 1.